The van der Waals surface area contributed by atoms with Crippen LogP contribution in [0.1, 0.15) is 25.3 Å². The van der Waals surface area contributed by atoms with Gasteiger partial charge < -0.3 is 11.1 Å². The van der Waals surface area contributed by atoms with E-state index in [9.17, 15) is 0 Å². The Morgan fingerprint density at radius 2 is 2.43 bits per heavy atom. The van der Waals surface area contributed by atoms with Crippen LogP contribution >= 0.6 is 11.3 Å². The first-order chi connectivity index (χ1) is 6.86. The molecular formula is C11H20N2S. The molecule has 0 saturated carbocycles. The molecule has 0 saturated heterocycles. The first-order valence-electron chi connectivity index (χ1n) is 5.28. The summed E-state index contributed by atoms with van der Waals surface area (Å²) in [6.45, 7) is 5.02. The summed E-state index contributed by atoms with van der Waals surface area (Å²) in [4.78, 5) is 0. The molecule has 2 nitrogen and oxygen atoms in total. The van der Waals surface area contributed by atoms with Crippen LogP contribution in [0.3, 0.4) is 0 Å². The van der Waals surface area contributed by atoms with Crippen LogP contribution in [-0.4, -0.2) is 13.1 Å². The van der Waals surface area contributed by atoms with Crippen LogP contribution in [0.5, 0.6) is 0 Å². The highest BCUT2D eigenvalue weighted by molar-refractivity contribution is 7.07. The van der Waals surface area contributed by atoms with Crippen molar-refractivity contribution in [1.29, 1.82) is 0 Å². The Labute approximate surface area is 90.5 Å². The number of hydrogen-bond donors (Lipinski definition) is 2. The Hall–Kier alpha value is -0.380. The minimum absolute atomic E-state index is 0.638. The van der Waals surface area contributed by atoms with E-state index in [1.54, 1.807) is 11.3 Å². The van der Waals surface area contributed by atoms with Gasteiger partial charge >= 0.3 is 0 Å². The molecule has 1 aromatic heterocycles. The van der Waals surface area contributed by atoms with E-state index in [-0.39, 0.29) is 0 Å². The lowest BCUT2D eigenvalue weighted by Crippen LogP contribution is -2.27. The lowest BCUT2D eigenvalue weighted by molar-refractivity contribution is 0.449. The van der Waals surface area contributed by atoms with Gasteiger partial charge in [-0.25, -0.2) is 0 Å². The first kappa shape index (κ1) is 11.7. The zero-order valence-electron chi connectivity index (χ0n) is 8.83. The molecule has 0 radical (unpaired) electrons. The molecule has 80 valence electrons. The van der Waals surface area contributed by atoms with E-state index in [0.29, 0.717) is 5.92 Å². The van der Waals surface area contributed by atoms with Crippen molar-refractivity contribution in [1.82, 2.24) is 5.32 Å². The fourth-order valence-electron chi connectivity index (χ4n) is 1.53. The zero-order chi connectivity index (χ0) is 10.2. The molecule has 3 N–H and O–H groups in total. The van der Waals surface area contributed by atoms with Crippen LogP contribution in [-0.2, 0) is 6.54 Å². The lowest BCUT2D eigenvalue weighted by Gasteiger charge is -2.13. The highest BCUT2D eigenvalue weighted by Crippen LogP contribution is 2.06. The second-order valence-corrected chi connectivity index (χ2v) is 4.43. The summed E-state index contributed by atoms with van der Waals surface area (Å²) in [5.41, 5.74) is 7.06. The summed E-state index contributed by atoms with van der Waals surface area (Å²) < 4.78 is 0. The van der Waals surface area contributed by atoms with Gasteiger partial charge in [-0.15, -0.1) is 0 Å². The van der Waals surface area contributed by atoms with Crippen molar-refractivity contribution in [3.8, 4) is 0 Å². The molecule has 0 aliphatic carbocycles. The van der Waals surface area contributed by atoms with Gasteiger partial charge in [-0.05, 0) is 47.8 Å². The van der Waals surface area contributed by atoms with Gasteiger partial charge in [0.2, 0.25) is 0 Å². The van der Waals surface area contributed by atoms with E-state index in [1.165, 1.54) is 18.4 Å². The molecule has 3 heteroatoms. The van der Waals surface area contributed by atoms with E-state index >= 15 is 0 Å². The molecule has 1 aromatic rings. The van der Waals surface area contributed by atoms with Gasteiger partial charge in [-0.1, -0.05) is 13.3 Å². The van der Waals surface area contributed by atoms with Gasteiger partial charge in [0.05, 0.1) is 0 Å². The van der Waals surface area contributed by atoms with Gasteiger partial charge in [0, 0.05) is 6.54 Å². The maximum Gasteiger partial charge on any atom is 0.0213 e. The maximum atomic E-state index is 5.68. The van der Waals surface area contributed by atoms with Gasteiger partial charge in [0.1, 0.15) is 0 Å². The van der Waals surface area contributed by atoms with E-state index in [0.717, 1.165) is 19.6 Å². The van der Waals surface area contributed by atoms with E-state index in [4.69, 9.17) is 5.73 Å². The highest BCUT2D eigenvalue weighted by Gasteiger charge is 2.04. The SMILES string of the molecule is CCCC(CN)CNCc1ccsc1. The second-order valence-electron chi connectivity index (χ2n) is 3.65. The van der Waals surface area contributed by atoms with Gasteiger partial charge in [0.25, 0.3) is 0 Å². The molecule has 1 unspecified atom stereocenters. The van der Waals surface area contributed by atoms with Crippen LogP contribution < -0.4 is 11.1 Å². The molecule has 1 atom stereocenters. The topological polar surface area (TPSA) is 38.0 Å². The quantitative estimate of drug-likeness (QED) is 0.727. The Kier molecular flexibility index (Phi) is 5.83. The van der Waals surface area contributed by atoms with Crippen molar-refractivity contribution in [3.63, 3.8) is 0 Å². The lowest BCUT2D eigenvalue weighted by atomic mass is 10.0. The van der Waals surface area contributed by atoms with Crippen molar-refractivity contribution < 1.29 is 0 Å². The van der Waals surface area contributed by atoms with Gasteiger partial charge in [0.15, 0.2) is 0 Å². The van der Waals surface area contributed by atoms with Gasteiger partial charge in [-0.2, -0.15) is 11.3 Å². The molecule has 0 amide bonds. The molecule has 1 rings (SSSR count). The van der Waals surface area contributed by atoms with Crippen LogP contribution in [0.2, 0.25) is 0 Å². The minimum Gasteiger partial charge on any atom is -0.330 e. The van der Waals surface area contributed by atoms with Crippen molar-refractivity contribution >= 4 is 11.3 Å². The number of hydrogen-bond acceptors (Lipinski definition) is 3. The maximum absolute atomic E-state index is 5.68. The van der Waals surface area contributed by atoms with E-state index in [1.807, 2.05) is 0 Å². The summed E-state index contributed by atoms with van der Waals surface area (Å²) in [5.74, 6) is 0.638. The molecule has 0 aromatic carbocycles. The average Bonchev–Trinajstić information content (AvgIpc) is 2.69. The fourth-order valence-corrected chi connectivity index (χ4v) is 2.19. The Balaban J connectivity index is 2.13. The summed E-state index contributed by atoms with van der Waals surface area (Å²) in [5, 5.41) is 7.75. The average molecular weight is 212 g/mol. The normalized spacial score (nSPS) is 13.0. The van der Waals surface area contributed by atoms with Crippen LogP contribution in [0.4, 0.5) is 0 Å². The Bertz CT molecular complexity index is 221. The third-order valence-corrected chi connectivity index (χ3v) is 3.10. The van der Waals surface area contributed by atoms with Crippen LogP contribution in [0, 0.1) is 5.92 Å². The molecule has 0 aliphatic heterocycles. The van der Waals surface area contributed by atoms with Gasteiger partial charge in [-0.3, -0.25) is 0 Å². The third kappa shape index (κ3) is 4.22. The predicted molar refractivity (Wildman–Crippen MR) is 63.5 cm³/mol. The second kappa shape index (κ2) is 6.98. The summed E-state index contributed by atoms with van der Waals surface area (Å²) in [7, 11) is 0. The first-order valence-corrected chi connectivity index (χ1v) is 6.23. The van der Waals surface area contributed by atoms with Crippen LogP contribution in [0.15, 0.2) is 16.8 Å². The fraction of sp³-hybridized carbons (Fsp3) is 0.636. The minimum atomic E-state index is 0.638. The smallest absolute Gasteiger partial charge is 0.0213 e. The molecule has 0 aliphatic rings. The number of rotatable bonds is 7. The third-order valence-electron chi connectivity index (χ3n) is 2.37. The molecule has 0 spiro atoms. The number of thiophene rings is 1. The molecular weight excluding hydrogens is 192 g/mol. The largest absolute Gasteiger partial charge is 0.330 e. The molecule has 1 heterocycles. The van der Waals surface area contributed by atoms with Crippen molar-refractivity contribution in [2.45, 2.75) is 26.3 Å². The van der Waals surface area contributed by atoms with E-state index in [2.05, 4.69) is 29.1 Å². The van der Waals surface area contributed by atoms with E-state index < -0.39 is 0 Å². The Morgan fingerprint density at radius 3 is 3.00 bits per heavy atom. The van der Waals surface area contributed by atoms with Crippen molar-refractivity contribution in [2.75, 3.05) is 13.1 Å². The predicted octanol–water partition coefficient (Wildman–Crippen LogP) is 2.21. The number of nitrogens with two attached hydrogens (primary N) is 1. The van der Waals surface area contributed by atoms with Crippen molar-refractivity contribution in [3.05, 3.63) is 22.4 Å². The molecule has 0 fully saturated rings. The monoisotopic (exact) mass is 212 g/mol. The zero-order valence-corrected chi connectivity index (χ0v) is 9.65. The molecule has 14 heavy (non-hydrogen) atoms. The summed E-state index contributed by atoms with van der Waals surface area (Å²) in [6, 6.07) is 2.16. The summed E-state index contributed by atoms with van der Waals surface area (Å²) >= 11 is 1.75. The highest BCUT2D eigenvalue weighted by atomic mass is 32.1. The Morgan fingerprint density at radius 1 is 1.57 bits per heavy atom. The van der Waals surface area contributed by atoms with Crippen molar-refractivity contribution in [2.24, 2.45) is 11.7 Å². The van der Waals surface area contributed by atoms with Crippen LogP contribution in [0.25, 0.3) is 0 Å². The standard InChI is InChI=1S/C11H20N2S/c1-2-3-10(6-12)7-13-8-11-4-5-14-9-11/h4-5,9-10,13H,2-3,6-8,12H2,1H3. The number of nitrogens with one attached hydrogen (secondary N) is 1. The summed E-state index contributed by atoms with van der Waals surface area (Å²) in [6.07, 6.45) is 2.45. The molecule has 0 bridgehead atoms.